The Bertz CT molecular complexity index is 705. The van der Waals surface area contributed by atoms with Gasteiger partial charge in [-0.25, -0.2) is 0 Å². The third-order valence-electron chi connectivity index (χ3n) is 10.4. The highest BCUT2D eigenvalue weighted by atomic mass is 16.4. The number of aliphatic hydroxyl groups is 2. The van der Waals surface area contributed by atoms with Gasteiger partial charge in [-0.1, -0.05) is 27.2 Å². The average molecular weight is 407 g/mol. The van der Waals surface area contributed by atoms with Crippen molar-refractivity contribution in [3.8, 4) is 0 Å². The van der Waals surface area contributed by atoms with Gasteiger partial charge >= 0.3 is 5.97 Å². The number of carboxylic acid groups (broad SMARTS) is 1. The standard InChI is InChI=1S/C24H38O5/c1-4-15-13-17-18-7-11-23(28,12-8-20(26)27)21(18,2)10-6-19(17)22(3)9-5-16(25)14-24(15,22)29/h15,17-19,28-29H,4-14H2,1-3H3,(H,26,27)/t15?,17-,18-,19-,21-,22+,23-,24?/m0/s1. The summed E-state index contributed by atoms with van der Waals surface area (Å²) in [4.78, 5) is 23.5. The van der Waals surface area contributed by atoms with Gasteiger partial charge < -0.3 is 15.3 Å². The first-order chi connectivity index (χ1) is 13.5. The number of carboxylic acids is 1. The first-order valence-corrected chi connectivity index (χ1v) is 11.7. The van der Waals surface area contributed by atoms with Crippen LogP contribution in [0.3, 0.4) is 0 Å². The van der Waals surface area contributed by atoms with Gasteiger partial charge in [-0.15, -0.1) is 0 Å². The molecular weight excluding hydrogens is 368 g/mol. The number of carbonyl (C=O) groups is 2. The molecule has 4 fully saturated rings. The van der Waals surface area contributed by atoms with Crippen molar-refractivity contribution in [1.29, 1.82) is 0 Å². The van der Waals surface area contributed by atoms with Crippen LogP contribution in [0.4, 0.5) is 0 Å². The number of hydrogen-bond acceptors (Lipinski definition) is 4. The van der Waals surface area contributed by atoms with E-state index in [4.69, 9.17) is 5.11 Å². The molecule has 4 saturated carbocycles. The van der Waals surface area contributed by atoms with Gasteiger partial charge in [0.05, 0.1) is 11.2 Å². The van der Waals surface area contributed by atoms with Crippen molar-refractivity contribution in [1.82, 2.24) is 0 Å². The second-order valence-electron chi connectivity index (χ2n) is 11.2. The van der Waals surface area contributed by atoms with E-state index in [1.807, 2.05) is 0 Å². The van der Waals surface area contributed by atoms with Crippen LogP contribution < -0.4 is 0 Å². The Morgan fingerprint density at radius 1 is 1.07 bits per heavy atom. The van der Waals surface area contributed by atoms with Crippen LogP contribution in [0.15, 0.2) is 0 Å². The zero-order chi connectivity index (χ0) is 21.2. The molecule has 3 N–H and O–H groups in total. The maximum Gasteiger partial charge on any atom is 0.303 e. The molecular formula is C24H38O5. The molecule has 5 nitrogen and oxygen atoms in total. The number of Topliss-reactive ketones (excluding diaryl/α,β-unsaturated/α-hetero) is 1. The van der Waals surface area contributed by atoms with Gasteiger partial charge in [0.15, 0.2) is 0 Å². The van der Waals surface area contributed by atoms with Crippen LogP contribution in [0.25, 0.3) is 0 Å². The Labute approximate surface area is 174 Å². The number of aliphatic carboxylic acids is 1. The summed E-state index contributed by atoms with van der Waals surface area (Å²) in [5.74, 6) is 0.666. The van der Waals surface area contributed by atoms with Crippen LogP contribution >= 0.6 is 0 Å². The molecule has 4 aliphatic rings. The summed E-state index contributed by atoms with van der Waals surface area (Å²) in [7, 11) is 0. The Morgan fingerprint density at radius 3 is 2.38 bits per heavy atom. The fraction of sp³-hybridized carbons (Fsp3) is 0.917. The monoisotopic (exact) mass is 406 g/mol. The van der Waals surface area contributed by atoms with Crippen LogP contribution in [0.1, 0.15) is 91.4 Å². The number of rotatable bonds is 4. The lowest BCUT2D eigenvalue weighted by molar-refractivity contribution is -0.237. The second-order valence-corrected chi connectivity index (χ2v) is 11.2. The maximum atomic E-state index is 12.3. The van der Waals surface area contributed by atoms with Crippen LogP contribution in [0.2, 0.25) is 0 Å². The van der Waals surface area contributed by atoms with Gasteiger partial charge in [0.1, 0.15) is 5.78 Å². The van der Waals surface area contributed by atoms with Crippen LogP contribution in [0.5, 0.6) is 0 Å². The average Bonchev–Trinajstić information content (AvgIpc) is 2.92. The molecule has 0 aromatic rings. The summed E-state index contributed by atoms with van der Waals surface area (Å²) >= 11 is 0. The summed E-state index contributed by atoms with van der Waals surface area (Å²) in [6.45, 7) is 6.55. The van der Waals surface area contributed by atoms with E-state index < -0.39 is 17.2 Å². The van der Waals surface area contributed by atoms with Gasteiger partial charge in [-0.3, -0.25) is 9.59 Å². The number of fused-ring (bicyclic) bond motifs is 5. The fourth-order valence-corrected chi connectivity index (χ4v) is 8.59. The van der Waals surface area contributed by atoms with Crippen molar-refractivity contribution >= 4 is 11.8 Å². The zero-order valence-corrected chi connectivity index (χ0v) is 18.2. The minimum atomic E-state index is -0.903. The highest BCUT2D eigenvalue weighted by Crippen LogP contribution is 2.70. The molecule has 0 heterocycles. The minimum absolute atomic E-state index is 0.0179. The summed E-state index contributed by atoms with van der Waals surface area (Å²) in [5.41, 5.74) is -2.30. The Balaban J connectivity index is 1.67. The molecule has 0 aromatic carbocycles. The zero-order valence-electron chi connectivity index (χ0n) is 18.2. The summed E-state index contributed by atoms with van der Waals surface area (Å²) in [6.07, 6.45) is 7.25. The molecule has 0 spiro atoms. The van der Waals surface area contributed by atoms with E-state index in [1.165, 1.54) is 0 Å². The first kappa shape index (κ1) is 21.3. The molecule has 8 atom stereocenters. The van der Waals surface area contributed by atoms with Crippen molar-refractivity contribution in [2.75, 3.05) is 0 Å². The number of hydrogen-bond donors (Lipinski definition) is 3. The van der Waals surface area contributed by atoms with Crippen molar-refractivity contribution in [2.24, 2.45) is 34.5 Å². The molecule has 0 aromatic heterocycles. The van der Waals surface area contributed by atoms with Crippen molar-refractivity contribution in [3.63, 3.8) is 0 Å². The van der Waals surface area contributed by atoms with Gasteiger partial charge in [0, 0.05) is 24.7 Å². The molecule has 29 heavy (non-hydrogen) atoms. The molecule has 0 aliphatic heterocycles. The smallest absolute Gasteiger partial charge is 0.303 e. The SMILES string of the molecule is CCC1C[C@H]2[C@@H]3CC[C@](O)(CCC(=O)O)[C@@]3(C)CC[C@@H]2[C@@]2(C)CCC(=O)CC12O. The number of ketones is 1. The molecule has 0 saturated heterocycles. The lowest BCUT2D eigenvalue weighted by atomic mass is 9.40. The molecule has 4 rings (SSSR count). The second kappa shape index (κ2) is 6.78. The summed E-state index contributed by atoms with van der Waals surface area (Å²) in [6, 6.07) is 0. The minimum Gasteiger partial charge on any atom is -0.481 e. The quantitative estimate of drug-likeness (QED) is 0.657. The van der Waals surface area contributed by atoms with E-state index in [9.17, 15) is 19.8 Å². The highest BCUT2D eigenvalue weighted by molar-refractivity contribution is 5.81. The third kappa shape index (κ3) is 2.79. The van der Waals surface area contributed by atoms with Crippen LogP contribution in [-0.2, 0) is 9.59 Å². The largest absolute Gasteiger partial charge is 0.481 e. The van der Waals surface area contributed by atoms with Crippen molar-refractivity contribution in [2.45, 2.75) is 103 Å². The molecule has 0 amide bonds. The predicted octanol–water partition coefficient (Wildman–Crippen LogP) is 3.95. The van der Waals surface area contributed by atoms with Gasteiger partial charge in [0.2, 0.25) is 0 Å². The van der Waals surface area contributed by atoms with E-state index in [2.05, 4.69) is 20.8 Å². The van der Waals surface area contributed by atoms with Gasteiger partial charge in [-0.05, 0) is 74.0 Å². The summed E-state index contributed by atoms with van der Waals surface area (Å²) in [5, 5.41) is 32.5. The van der Waals surface area contributed by atoms with Gasteiger partial charge in [0.25, 0.3) is 0 Å². The summed E-state index contributed by atoms with van der Waals surface area (Å²) < 4.78 is 0. The fourth-order valence-electron chi connectivity index (χ4n) is 8.59. The molecule has 2 unspecified atom stereocenters. The molecule has 0 bridgehead atoms. The van der Waals surface area contributed by atoms with Crippen molar-refractivity contribution in [3.05, 3.63) is 0 Å². The Morgan fingerprint density at radius 2 is 1.72 bits per heavy atom. The van der Waals surface area contributed by atoms with E-state index in [1.54, 1.807) is 0 Å². The molecule has 5 heteroatoms. The van der Waals surface area contributed by atoms with E-state index in [-0.39, 0.29) is 29.0 Å². The molecule has 164 valence electrons. The van der Waals surface area contributed by atoms with Crippen molar-refractivity contribution < 1.29 is 24.9 Å². The van der Waals surface area contributed by atoms with Gasteiger partial charge in [-0.2, -0.15) is 0 Å². The lowest BCUT2D eigenvalue weighted by Gasteiger charge is -2.66. The van der Waals surface area contributed by atoms with E-state index >= 15 is 0 Å². The van der Waals surface area contributed by atoms with E-state index in [0.29, 0.717) is 43.4 Å². The predicted molar refractivity (Wildman–Crippen MR) is 109 cm³/mol. The normalized spacial score (nSPS) is 51.8. The number of carbonyl (C=O) groups excluding carboxylic acids is 1. The third-order valence-corrected chi connectivity index (χ3v) is 10.4. The molecule has 4 aliphatic carbocycles. The maximum absolute atomic E-state index is 12.3. The molecule has 0 radical (unpaired) electrons. The van der Waals surface area contributed by atoms with Crippen LogP contribution in [0, 0.1) is 34.5 Å². The Kier molecular flexibility index (Phi) is 4.98. The highest BCUT2D eigenvalue weighted by Gasteiger charge is 2.69. The van der Waals surface area contributed by atoms with E-state index in [0.717, 1.165) is 38.5 Å². The topological polar surface area (TPSA) is 94.8 Å². The lowest BCUT2D eigenvalue weighted by Crippen LogP contribution is -2.66. The van der Waals surface area contributed by atoms with Crippen LogP contribution in [-0.4, -0.2) is 38.3 Å². The Hall–Kier alpha value is -0.940. The first-order valence-electron chi connectivity index (χ1n) is 11.7.